The number of nitrogens with zero attached hydrogens (tertiary/aromatic N) is 1. The van der Waals surface area contributed by atoms with Crippen molar-refractivity contribution >= 4 is 17.7 Å². The first-order chi connectivity index (χ1) is 5.65. The Labute approximate surface area is 68.0 Å². The van der Waals surface area contributed by atoms with Gasteiger partial charge in [-0.05, 0) is 12.1 Å². The Morgan fingerprint density at radius 1 is 1.50 bits per heavy atom. The molecule has 12 heavy (non-hydrogen) atoms. The maximum Gasteiger partial charge on any atom is 0.281 e. The summed E-state index contributed by atoms with van der Waals surface area (Å²) in [5.41, 5.74) is 5.35. The third kappa shape index (κ3) is 1.39. The second-order valence-corrected chi connectivity index (χ2v) is 2.19. The number of nitro benzene ring substituents is 1. The Kier molecular flexibility index (Phi) is 2.05. The second-order valence-electron chi connectivity index (χ2n) is 2.19. The zero-order chi connectivity index (χ0) is 9.14. The van der Waals surface area contributed by atoms with E-state index in [1.165, 1.54) is 12.1 Å². The van der Waals surface area contributed by atoms with Gasteiger partial charge in [0.2, 0.25) is 0 Å². The molecular weight excluding hydrogens is 160 g/mol. The first-order valence-corrected chi connectivity index (χ1v) is 3.14. The van der Waals surface area contributed by atoms with Crippen molar-refractivity contribution in [3.63, 3.8) is 0 Å². The molecule has 0 aliphatic carbocycles. The zero-order valence-electron chi connectivity index (χ0n) is 6.06. The van der Waals surface area contributed by atoms with E-state index < -0.39 is 4.92 Å². The lowest BCUT2D eigenvalue weighted by molar-refractivity contribution is -0.385. The number of nitrogen functional groups attached to an aromatic ring is 1. The van der Waals surface area contributed by atoms with Gasteiger partial charge in [0.05, 0.1) is 10.5 Å². The number of carbonyl (C=O) groups excluding carboxylic acids is 1. The van der Waals surface area contributed by atoms with Crippen molar-refractivity contribution in [2.75, 3.05) is 5.73 Å². The van der Waals surface area contributed by atoms with Crippen molar-refractivity contribution in [1.82, 2.24) is 0 Å². The van der Waals surface area contributed by atoms with Crippen LogP contribution in [0.2, 0.25) is 0 Å². The largest absolute Gasteiger partial charge is 0.399 e. The molecule has 0 saturated carbocycles. The highest BCUT2D eigenvalue weighted by molar-refractivity contribution is 5.82. The fourth-order valence-electron chi connectivity index (χ4n) is 0.818. The van der Waals surface area contributed by atoms with Gasteiger partial charge in [0.1, 0.15) is 0 Å². The van der Waals surface area contributed by atoms with Crippen molar-refractivity contribution in [1.29, 1.82) is 0 Å². The molecule has 1 rings (SSSR count). The molecule has 0 unspecified atom stereocenters. The third-order valence-electron chi connectivity index (χ3n) is 1.38. The highest BCUT2D eigenvalue weighted by Gasteiger charge is 2.12. The summed E-state index contributed by atoms with van der Waals surface area (Å²) >= 11 is 0. The van der Waals surface area contributed by atoms with E-state index in [9.17, 15) is 14.9 Å². The standard InChI is InChI=1S/C7H6N2O3/c8-6-2-1-5(4-10)7(3-6)9(11)12/h1-4H,8H2. The quantitative estimate of drug-likeness (QED) is 0.307. The van der Waals surface area contributed by atoms with E-state index in [2.05, 4.69) is 0 Å². The first kappa shape index (κ1) is 8.19. The molecule has 62 valence electrons. The Bertz CT molecular complexity index is 335. The fraction of sp³-hybridized carbons (Fsp3) is 0. The van der Waals surface area contributed by atoms with Crippen molar-refractivity contribution in [2.24, 2.45) is 0 Å². The number of nitro groups is 1. The van der Waals surface area contributed by atoms with E-state index >= 15 is 0 Å². The number of hydrogen-bond donors (Lipinski definition) is 1. The molecular formula is C7H6N2O3. The van der Waals surface area contributed by atoms with Crippen LogP contribution in [-0.2, 0) is 0 Å². The maximum absolute atomic E-state index is 10.3. The summed E-state index contributed by atoms with van der Waals surface area (Å²) in [6.07, 6.45) is 0.428. The molecule has 0 amide bonds. The van der Waals surface area contributed by atoms with E-state index in [1.54, 1.807) is 0 Å². The van der Waals surface area contributed by atoms with E-state index in [-0.39, 0.29) is 16.9 Å². The van der Waals surface area contributed by atoms with E-state index in [0.29, 0.717) is 6.29 Å². The third-order valence-corrected chi connectivity index (χ3v) is 1.38. The van der Waals surface area contributed by atoms with Crippen LogP contribution in [0.15, 0.2) is 18.2 Å². The van der Waals surface area contributed by atoms with Crippen LogP contribution in [0.5, 0.6) is 0 Å². The van der Waals surface area contributed by atoms with Crippen LogP contribution >= 0.6 is 0 Å². The number of nitrogens with two attached hydrogens (primary N) is 1. The normalized spacial score (nSPS) is 9.33. The van der Waals surface area contributed by atoms with Gasteiger partial charge in [0.15, 0.2) is 6.29 Å². The minimum atomic E-state index is -0.639. The van der Waals surface area contributed by atoms with Gasteiger partial charge in [-0.1, -0.05) is 0 Å². The average Bonchev–Trinajstić information content (AvgIpc) is 2.04. The number of rotatable bonds is 2. The van der Waals surface area contributed by atoms with E-state index in [0.717, 1.165) is 6.07 Å². The molecule has 1 aromatic rings. The summed E-state index contributed by atoms with van der Waals surface area (Å²) < 4.78 is 0. The fourth-order valence-corrected chi connectivity index (χ4v) is 0.818. The van der Waals surface area contributed by atoms with Gasteiger partial charge in [0.25, 0.3) is 5.69 Å². The molecule has 0 aliphatic heterocycles. The summed E-state index contributed by atoms with van der Waals surface area (Å²) in [6.45, 7) is 0. The molecule has 0 saturated heterocycles. The average molecular weight is 166 g/mol. The zero-order valence-corrected chi connectivity index (χ0v) is 6.06. The first-order valence-electron chi connectivity index (χ1n) is 3.14. The summed E-state index contributed by atoms with van der Waals surface area (Å²) in [4.78, 5) is 20.0. The van der Waals surface area contributed by atoms with Crippen LogP contribution in [0, 0.1) is 10.1 Å². The molecule has 5 nitrogen and oxygen atoms in total. The highest BCUT2D eigenvalue weighted by Crippen LogP contribution is 2.19. The number of hydrogen-bond acceptors (Lipinski definition) is 4. The van der Waals surface area contributed by atoms with Gasteiger partial charge in [0, 0.05) is 11.8 Å². The number of carbonyl (C=O) groups is 1. The van der Waals surface area contributed by atoms with Crippen LogP contribution in [0.1, 0.15) is 10.4 Å². The number of anilines is 1. The van der Waals surface area contributed by atoms with Crippen LogP contribution in [0.4, 0.5) is 11.4 Å². The summed E-state index contributed by atoms with van der Waals surface area (Å²) in [7, 11) is 0. The van der Waals surface area contributed by atoms with Gasteiger partial charge in [-0.15, -0.1) is 0 Å². The molecule has 0 atom stereocenters. The molecule has 1 aromatic carbocycles. The summed E-state index contributed by atoms with van der Waals surface area (Å²) in [6, 6.07) is 3.92. The van der Waals surface area contributed by atoms with Crippen molar-refractivity contribution < 1.29 is 9.72 Å². The van der Waals surface area contributed by atoms with Crippen molar-refractivity contribution in [3.8, 4) is 0 Å². The molecule has 0 aliphatic rings. The SMILES string of the molecule is Nc1ccc(C=O)c([N+](=O)[O-])c1. The van der Waals surface area contributed by atoms with E-state index in [4.69, 9.17) is 5.73 Å². The second kappa shape index (κ2) is 3.00. The molecule has 2 N–H and O–H groups in total. The van der Waals surface area contributed by atoms with Gasteiger partial charge in [-0.25, -0.2) is 0 Å². The smallest absolute Gasteiger partial charge is 0.281 e. The Morgan fingerprint density at radius 2 is 2.17 bits per heavy atom. The lowest BCUT2D eigenvalue weighted by Gasteiger charge is -1.95. The summed E-state index contributed by atoms with van der Waals surface area (Å²) in [5, 5.41) is 10.3. The molecule has 0 spiro atoms. The number of aldehydes is 1. The lowest BCUT2D eigenvalue weighted by atomic mass is 10.2. The predicted octanol–water partition coefficient (Wildman–Crippen LogP) is 0.990. The van der Waals surface area contributed by atoms with Gasteiger partial charge >= 0.3 is 0 Å². The van der Waals surface area contributed by atoms with Gasteiger partial charge in [-0.3, -0.25) is 14.9 Å². The van der Waals surface area contributed by atoms with Crippen LogP contribution in [-0.4, -0.2) is 11.2 Å². The number of benzene rings is 1. The molecule has 0 fully saturated rings. The van der Waals surface area contributed by atoms with Crippen LogP contribution < -0.4 is 5.73 Å². The van der Waals surface area contributed by atoms with Crippen LogP contribution in [0.3, 0.4) is 0 Å². The molecule has 0 bridgehead atoms. The predicted molar refractivity (Wildman–Crippen MR) is 42.9 cm³/mol. The molecule has 0 aromatic heterocycles. The van der Waals surface area contributed by atoms with Gasteiger partial charge in [-0.2, -0.15) is 0 Å². The highest BCUT2D eigenvalue weighted by atomic mass is 16.6. The molecule has 0 heterocycles. The Balaban J connectivity index is 3.30. The minimum absolute atomic E-state index is 0.0363. The van der Waals surface area contributed by atoms with E-state index in [1.807, 2.05) is 0 Å². The Morgan fingerprint density at radius 3 is 2.67 bits per heavy atom. The lowest BCUT2D eigenvalue weighted by Crippen LogP contribution is -1.95. The van der Waals surface area contributed by atoms with Crippen LogP contribution in [0.25, 0.3) is 0 Å². The summed E-state index contributed by atoms with van der Waals surface area (Å²) in [5.74, 6) is 0. The van der Waals surface area contributed by atoms with Crippen molar-refractivity contribution in [2.45, 2.75) is 0 Å². The maximum atomic E-state index is 10.3. The minimum Gasteiger partial charge on any atom is -0.399 e. The molecule has 0 radical (unpaired) electrons. The molecule has 5 heteroatoms. The monoisotopic (exact) mass is 166 g/mol. The topological polar surface area (TPSA) is 86.2 Å². The van der Waals surface area contributed by atoms with Crippen molar-refractivity contribution in [3.05, 3.63) is 33.9 Å². The van der Waals surface area contributed by atoms with Gasteiger partial charge < -0.3 is 5.73 Å². The Hall–Kier alpha value is -1.91.